The van der Waals surface area contributed by atoms with Gasteiger partial charge in [-0.05, 0) is 88.7 Å². The Labute approximate surface area is 356 Å². The van der Waals surface area contributed by atoms with E-state index in [1.54, 1.807) is 59.5 Å². The van der Waals surface area contributed by atoms with Crippen LogP contribution in [-0.4, -0.2) is 4.98 Å². The van der Waals surface area contributed by atoms with Crippen molar-refractivity contribution in [2.75, 3.05) is 4.90 Å². The van der Waals surface area contributed by atoms with E-state index in [0.29, 0.717) is 66.2 Å². The maximum atomic E-state index is 9.65. The summed E-state index contributed by atoms with van der Waals surface area (Å²) in [4.78, 5) is 6.09. The molecule has 58 heavy (non-hydrogen) atoms. The molecule has 12 aromatic rings. The smallest absolute Gasteiger partial charge is 0.227 e. The summed E-state index contributed by atoms with van der Waals surface area (Å²) < 4.78 is 167. The molecular weight excluding hydrogens is 713 g/mol. The quantitative estimate of drug-likeness (QED) is 0.169. The SMILES string of the molecule is [2H]c1c([2H])c([2H])c(-c2nc3c(-c4ccc5oc6cc(N(c7ccc8oc9ccccc9c8c7)c7c([2H])c([2H])c(-c8c([2H])c([2H])c([2H])c([2H])c8[2H])c([2H])c7[2H])c7ccccc7c6c5c4)c([2H])c([2H])c([2H])c3o2)c([2H])c1[2H]. The van der Waals surface area contributed by atoms with Crippen LogP contribution in [0.25, 0.3) is 99.5 Å². The molecule has 0 spiro atoms. The minimum absolute atomic E-state index is 0.0578. The summed E-state index contributed by atoms with van der Waals surface area (Å²) in [5.74, 6) is -0.398. The molecule has 5 nitrogen and oxygen atoms in total. The van der Waals surface area contributed by atoms with Crippen molar-refractivity contribution < 1.29 is 36.6 Å². The largest absolute Gasteiger partial charge is 0.456 e. The molecule has 9 aromatic carbocycles. The van der Waals surface area contributed by atoms with Crippen molar-refractivity contribution in [2.24, 2.45) is 0 Å². The van der Waals surface area contributed by atoms with Gasteiger partial charge in [-0.2, -0.15) is 0 Å². The van der Waals surface area contributed by atoms with Gasteiger partial charge in [0.25, 0.3) is 0 Å². The van der Waals surface area contributed by atoms with Gasteiger partial charge in [0.2, 0.25) is 5.89 Å². The third-order valence-electron chi connectivity index (χ3n) is 10.1. The minimum atomic E-state index is -0.702. The van der Waals surface area contributed by atoms with Crippen molar-refractivity contribution in [3.63, 3.8) is 0 Å². The number of anilines is 3. The van der Waals surface area contributed by atoms with E-state index in [0.717, 1.165) is 5.39 Å². The Morgan fingerprint density at radius 2 is 1.09 bits per heavy atom. The fraction of sp³-hybridized carbons (Fsp3) is 0. The monoisotopic (exact) mass is 761 g/mol. The van der Waals surface area contributed by atoms with E-state index in [1.165, 1.54) is 0 Å². The predicted octanol–water partition coefficient (Wildman–Crippen LogP) is 15.3. The number of para-hydroxylation sites is 2. The summed E-state index contributed by atoms with van der Waals surface area (Å²) in [6, 6.07) is 16.2. The fourth-order valence-corrected chi connectivity index (χ4v) is 7.58. The molecule has 0 N–H and O–H groups in total. The van der Waals surface area contributed by atoms with Crippen LogP contribution in [0.2, 0.25) is 0 Å². The highest BCUT2D eigenvalue weighted by atomic mass is 16.3. The Morgan fingerprint density at radius 3 is 1.91 bits per heavy atom. The van der Waals surface area contributed by atoms with Crippen molar-refractivity contribution in [1.82, 2.24) is 4.98 Å². The Morgan fingerprint density at radius 1 is 0.414 bits per heavy atom. The van der Waals surface area contributed by atoms with Gasteiger partial charge < -0.3 is 18.2 Å². The zero-order valence-electron chi connectivity index (χ0n) is 46.8. The van der Waals surface area contributed by atoms with Crippen molar-refractivity contribution in [1.29, 1.82) is 0 Å². The Kier molecular flexibility index (Phi) is 4.38. The van der Waals surface area contributed by atoms with Crippen LogP contribution in [0, 0.1) is 0 Å². The second-order valence-corrected chi connectivity index (χ2v) is 13.4. The van der Waals surface area contributed by atoms with E-state index in [9.17, 15) is 5.48 Å². The van der Waals surface area contributed by atoms with Crippen LogP contribution in [-0.2, 0) is 0 Å². The molecule has 0 saturated carbocycles. The fourth-order valence-electron chi connectivity index (χ4n) is 7.58. The van der Waals surface area contributed by atoms with Crippen molar-refractivity contribution in [3.8, 4) is 33.7 Å². The van der Waals surface area contributed by atoms with Crippen molar-refractivity contribution in [2.45, 2.75) is 0 Å². The van der Waals surface area contributed by atoms with Crippen LogP contribution in [0.1, 0.15) is 23.3 Å². The predicted molar refractivity (Wildman–Crippen MR) is 237 cm³/mol. The average molecular weight is 762 g/mol. The van der Waals surface area contributed by atoms with Crippen LogP contribution >= 0.6 is 0 Å². The van der Waals surface area contributed by atoms with Gasteiger partial charge in [-0.1, -0.05) is 121 Å². The van der Waals surface area contributed by atoms with Gasteiger partial charge in [0.15, 0.2) is 5.58 Å². The van der Waals surface area contributed by atoms with Crippen LogP contribution in [0.5, 0.6) is 0 Å². The number of hydrogen-bond donors (Lipinski definition) is 0. The van der Waals surface area contributed by atoms with Crippen LogP contribution in [0.15, 0.2) is 207 Å². The molecule has 0 aliphatic carbocycles. The first-order valence-electron chi connectivity index (χ1n) is 26.6. The molecule has 272 valence electrons. The van der Waals surface area contributed by atoms with E-state index in [4.69, 9.17) is 31.1 Å². The van der Waals surface area contributed by atoms with Gasteiger partial charge >= 0.3 is 0 Å². The molecule has 0 bridgehead atoms. The van der Waals surface area contributed by atoms with Crippen LogP contribution < -0.4 is 4.90 Å². The molecule has 0 aliphatic heterocycles. The molecule has 0 atom stereocenters. The zero-order chi connectivity index (χ0) is 53.0. The third kappa shape index (κ3) is 5.14. The first-order chi connectivity index (χ1) is 35.8. The normalized spacial score (nSPS) is 15.9. The number of oxazole rings is 1. The Bertz CT molecular complexity index is 4460. The molecule has 5 heteroatoms. The van der Waals surface area contributed by atoms with E-state index < -0.39 is 114 Å². The first-order valence-corrected chi connectivity index (χ1v) is 18.1. The number of benzene rings is 9. The topological polar surface area (TPSA) is 55.6 Å². The molecule has 0 saturated heterocycles. The maximum Gasteiger partial charge on any atom is 0.227 e. The molecule has 0 unspecified atom stereocenters. The number of hydrogen-bond acceptors (Lipinski definition) is 5. The highest BCUT2D eigenvalue weighted by Gasteiger charge is 2.22. The second-order valence-electron chi connectivity index (χ2n) is 13.4. The van der Waals surface area contributed by atoms with Gasteiger partial charge in [-0.25, -0.2) is 4.98 Å². The van der Waals surface area contributed by atoms with Gasteiger partial charge in [-0.3, -0.25) is 0 Å². The highest BCUT2D eigenvalue weighted by molar-refractivity contribution is 6.23. The van der Waals surface area contributed by atoms with Crippen LogP contribution in [0.4, 0.5) is 17.1 Å². The molecule has 0 fully saturated rings. The number of aromatic nitrogens is 1. The summed E-state index contributed by atoms with van der Waals surface area (Å²) >= 11 is 0. The summed E-state index contributed by atoms with van der Waals surface area (Å²) in [5, 5.41) is 3.67. The lowest BCUT2D eigenvalue weighted by atomic mass is 9.98. The summed E-state index contributed by atoms with van der Waals surface area (Å²) in [6.07, 6.45) is 0. The zero-order valence-corrected chi connectivity index (χ0v) is 29.8. The van der Waals surface area contributed by atoms with Gasteiger partial charge in [0, 0.05) is 55.5 Å². The Hall–Kier alpha value is -7.89. The van der Waals surface area contributed by atoms with Crippen molar-refractivity contribution in [3.05, 3.63) is 194 Å². The Balaban J connectivity index is 1.11. The lowest BCUT2D eigenvalue weighted by Gasteiger charge is -2.27. The van der Waals surface area contributed by atoms with E-state index in [1.807, 2.05) is 36.4 Å². The second kappa shape index (κ2) is 12.8. The summed E-state index contributed by atoms with van der Waals surface area (Å²) in [6.45, 7) is 0. The standard InChI is InChI=1S/C53H32N2O3/c1-3-12-33(13-4-1)34-22-25-37(26-23-34)55(38-27-29-47-43(31-38)41-17-9-10-20-46(41)56-47)45-32-50-51(42-18-8-7-16-40(42)45)44-30-36(24-28-48(44)57-50)39-19-11-21-49-52(39)54-53(58-49)35-14-5-2-6-15-35/h1-32H/i1D,2D,3D,4D,5D,6D,11D,12D,13D,14D,15D,19D,21D,22D,23D,25D,26D. The molecule has 3 aromatic heterocycles. The first kappa shape index (κ1) is 19.8. The molecule has 0 amide bonds. The van der Waals surface area contributed by atoms with Gasteiger partial charge in [-0.15, -0.1) is 0 Å². The summed E-state index contributed by atoms with van der Waals surface area (Å²) in [5.41, 5.74) is 1.06. The number of nitrogens with zero attached hydrogens (tertiary/aromatic N) is 2. The molecule has 0 radical (unpaired) electrons. The third-order valence-corrected chi connectivity index (χ3v) is 10.1. The van der Waals surface area contributed by atoms with Crippen molar-refractivity contribution >= 4 is 82.8 Å². The number of rotatable bonds is 6. The molecular formula is C53H32N2O3. The van der Waals surface area contributed by atoms with E-state index in [2.05, 4.69) is 4.98 Å². The van der Waals surface area contributed by atoms with Gasteiger partial charge in [0.05, 0.1) is 29.0 Å². The molecule has 12 rings (SSSR count). The number of fused-ring (bicyclic) bond motifs is 9. The number of furan rings is 2. The highest BCUT2D eigenvalue weighted by Crippen LogP contribution is 2.47. The minimum Gasteiger partial charge on any atom is -0.456 e. The molecule has 3 heterocycles. The maximum absolute atomic E-state index is 9.65. The molecule has 0 aliphatic rings. The van der Waals surface area contributed by atoms with E-state index in [-0.39, 0.29) is 34.0 Å². The summed E-state index contributed by atoms with van der Waals surface area (Å²) in [7, 11) is 0. The lowest BCUT2D eigenvalue weighted by molar-refractivity contribution is 0.620. The van der Waals surface area contributed by atoms with E-state index >= 15 is 0 Å². The van der Waals surface area contributed by atoms with Crippen LogP contribution in [0.3, 0.4) is 0 Å². The van der Waals surface area contributed by atoms with Gasteiger partial charge in [0.1, 0.15) is 27.8 Å². The average Bonchev–Trinajstić information content (AvgIpc) is 4.14. The lowest BCUT2D eigenvalue weighted by Crippen LogP contribution is -2.10.